The topological polar surface area (TPSA) is 75.7 Å². The van der Waals surface area contributed by atoms with Crippen LogP contribution in [0.4, 0.5) is 0 Å². The van der Waals surface area contributed by atoms with Gasteiger partial charge in [-0.2, -0.15) is 4.31 Å². The molecule has 28 heavy (non-hydrogen) atoms. The highest BCUT2D eigenvalue weighted by Crippen LogP contribution is 2.21. The van der Waals surface area contributed by atoms with Gasteiger partial charge in [0.25, 0.3) is 5.91 Å². The van der Waals surface area contributed by atoms with Crippen LogP contribution in [0.5, 0.6) is 5.75 Å². The summed E-state index contributed by atoms with van der Waals surface area (Å²) in [6, 6.07) is 14.0. The number of nitrogens with one attached hydrogen (secondary N) is 1. The number of carbonyl (C=O) groups excluding carboxylic acids is 1. The van der Waals surface area contributed by atoms with E-state index in [1.165, 1.54) is 22.0 Å². The summed E-state index contributed by atoms with van der Waals surface area (Å²) in [7, 11) is -1.81. The number of sulfonamides is 1. The lowest BCUT2D eigenvalue weighted by Crippen LogP contribution is -2.28. The van der Waals surface area contributed by atoms with E-state index in [-0.39, 0.29) is 10.8 Å². The van der Waals surface area contributed by atoms with Gasteiger partial charge in [0.1, 0.15) is 5.75 Å². The summed E-state index contributed by atoms with van der Waals surface area (Å²) in [5.41, 5.74) is 1.65. The van der Waals surface area contributed by atoms with Gasteiger partial charge in [-0.3, -0.25) is 4.79 Å². The minimum absolute atomic E-state index is 0.195. The van der Waals surface area contributed by atoms with Crippen molar-refractivity contribution in [2.45, 2.75) is 30.6 Å². The van der Waals surface area contributed by atoms with Gasteiger partial charge in [0.05, 0.1) is 12.0 Å². The number of nitrogens with zero attached hydrogens (tertiary/aromatic N) is 1. The van der Waals surface area contributed by atoms with E-state index in [1.54, 1.807) is 19.2 Å². The first-order valence-corrected chi connectivity index (χ1v) is 11.0. The zero-order valence-corrected chi connectivity index (χ0v) is 16.9. The van der Waals surface area contributed by atoms with Gasteiger partial charge in [-0.15, -0.1) is 0 Å². The molecule has 0 atom stereocenters. The predicted octanol–water partition coefficient (Wildman–Crippen LogP) is 2.84. The van der Waals surface area contributed by atoms with Crippen LogP contribution < -0.4 is 10.1 Å². The zero-order valence-electron chi connectivity index (χ0n) is 16.1. The van der Waals surface area contributed by atoms with Gasteiger partial charge in [0, 0.05) is 25.2 Å². The van der Waals surface area contributed by atoms with Crippen molar-refractivity contribution < 1.29 is 17.9 Å². The third kappa shape index (κ3) is 4.91. The highest BCUT2D eigenvalue weighted by molar-refractivity contribution is 7.89. The molecule has 0 radical (unpaired) electrons. The van der Waals surface area contributed by atoms with Crippen molar-refractivity contribution in [2.24, 2.45) is 0 Å². The van der Waals surface area contributed by atoms with Gasteiger partial charge < -0.3 is 10.1 Å². The van der Waals surface area contributed by atoms with Gasteiger partial charge in [0.2, 0.25) is 10.0 Å². The van der Waals surface area contributed by atoms with Crippen molar-refractivity contribution in [3.8, 4) is 5.75 Å². The number of rotatable bonds is 8. The summed E-state index contributed by atoms with van der Waals surface area (Å²) in [6.45, 7) is 1.69. The molecule has 2 aromatic carbocycles. The molecule has 0 aromatic heterocycles. The molecular formula is C21H26N2O4S. The molecule has 0 aliphatic carbocycles. The summed E-state index contributed by atoms with van der Waals surface area (Å²) in [6.07, 6.45) is 3.48. The van der Waals surface area contributed by atoms with Crippen molar-refractivity contribution in [3.63, 3.8) is 0 Å². The maximum Gasteiger partial charge on any atom is 0.251 e. The Labute approximate surface area is 166 Å². The maximum atomic E-state index is 12.5. The third-order valence-corrected chi connectivity index (χ3v) is 6.82. The van der Waals surface area contributed by atoms with Crippen LogP contribution in [0.2, 0.25) is 0 Å². The molecule has 2 aromatic rings. The molecule has 1 heterocycles. The Morgan fingerprint density at radius 3 is 2.29 bits per heavy atom. The second-order valence-electron chi connectivity index (χ2n) is 6.84. The van der Waals surface area contributed by atoms with Crippen molar-refractivity contribution in [3.05, 3.63) is 59.7 Å². The van der Waals surface area contributed by atoms with Crippen LogP contribution in [0.1, 0.15) is 35.2 Å². The van der Waals surface area contributed by atoms with E-state index in [9.17, 15) is 13.2 Å². The second-order valence-corrected chi connectivity index (χ2v) is 8.78. The molecule has 1 saturated heterocycles. The van der Waals surface area contributed by atoms with Crippen molar-refractivity contribution >= 4 is 15.9 Å². The van der Waals surface area contributed by atoms with Gasteiger partial charge in [0.15, 0.2) is 0 Å². The first-order valence-electron chi connectivity index (χ1n) is 9.52. The van der Waals surface area contributed by atoms with Crippen molar-refractivity contribution in [2.75, 3.05) is 26.7 Å². The summed E-state index contributed by atoms with van der Waals surface area (Å²) in [4.78, 5) is 12.5. The molecule has 1 aliphatic rings. The second kappa shape index (κ2) is 9.21. The van der Waals surface area contributed by atoms with E-state index in [2.05, 4.69) is 5.32 Å². The first-order chi connectivity index (χ1) is 13.5. The lowest BCUT2D eigenvalue weighted by Gasteiger charge is -2.15. The van der Waals surface area contributed by atoms with Gasteiger partial charge in [-0.1, -0.05) is 12.1 Å². The molecule has 1 aliphatic heterocycles. The van der Waals surface area contributed by atoms with Crippen LogP contribution in [0.25, 0.3) is 0 Å². The monoisotopic (exact) mass is 402 g/mol. The van der Waals surface area contributed by atoms with Gasteiger partial charge in [-0.05, 0) is 67.6 Å². The van der Waals surface area contributed by atoms with E-state index in [0.717, 1.165) is 31.4 Å². The summed E-state index contributed by atoms with van der Waals surface area (Å²) >= 11 is 0. The van der Waals surface area contributed by atoms with Crippen LogP contribution in [0.3, 0.4) is 0 Å². The SMILES string of the molecule is COc1ccc(CCCNC(=O)c2ccc(S(=O)(=O)N3CCCC3)cc2)cc1. The molecule has 6 nitrogen and oxygen atoms in total. The summed E-state index contributed by atoms with van der Waals surface area (Å²) in [5, 5.41) is 2.88. The minimum atomic E-state index is -3.45. The van der Waals surface area contributed by atoms with Gasteiger partial charge in [-0.25, -0.2) is 8.42 Å². The maximum absolute atomic E-state index is 12.5. The molecular weight excluding hydrogens is 376 g/mol. The van der Waals surface area contributed by atoms with Crippen LogP contribution in [-0.4, -0.2) is 45.4 Å². The summed E-state index contributed by atoms with van der Waals surface area (Å²) in [5.74, 6) is 0.632. The Morgan fingerprint density at radius 1 is 1.04 bits per heavy atom. The smallest absolute Gasteiger partial charge is 0.251 e. The lowest BCUT2D eigenvalue weighted by molar-refractivity contribution is 0.0953. The molecule has 1 amide bonds. The van der Waals surface area contributed by atoms with Crippen LogP contribution >= 0.6 is 0 Å². The molecule has 0 spiro atoms. The average Bonchev–Trinajstić information content (AvgIpc) is 3.27. The first kappa shape index (κ1) is 20.4. The average molecular weight is 403 g/mol. The normalized spacial score (nSPS) is 14.8. The Balaban J connectivity index is 1.49. The van der Waals surface area contributed by atoms with E-state index < -0.39 is 10.0 Å². The van der Waals surface area contributed by atoms with Crippen LogP contribution in [0.15, 0.2) is 53.4 Å². The molecule has 0 unspecified atom stereocenters. The largest absolute Gasteiger partial charge is 0.497 e. The Kier molecular flexibility index (Phi) is 6.70. The molecule has 0 bridgehead atoms. The predicted molar refractivity (Wildman–Crippen MR) is 108 cm³/mol. The van der Waals surface area contributed by atoms with E-state index in [0.29, 0.717) is 25.2 Å². The van der Waals surface area contributed by atoms with Crippen LogP contribution in [-0.2, 0) is 16.4 Å². The fraction of sp³-hybridized carbons (Fsp3) is 0.381. The van der Waals surface area contributed by atoms with Gasteiger partial charge >= 0.3 is 0 Å². The van der Waals surface area contributed by atoms with Crippen molar-refractivity contribution in [1.29, 1.82) is 0 Å². The number of carbonyl (C=O) groups is 1. The van der Waals surface area contributed by atoms with E-state index in [1.807, 2.05) is 24.3 Å². The number of aryl methyl sites for hydroxylation is 1. The highest BCUT2D eigenvalue weighted by atomic mass is 32.2. The quantitative estimate of drug-likeness (QED) is 0.689. The number of methoxy groups -OCH3 is 1. The molecule has 7 heteroatoms. The number of amides is 1. The lowest BCUT2D eigenvalue weighted by atomic mass is 10.1. The number of benzene rings is 2. The van der Waals surface area contributed by atoms with Crippen LogP contribution in [0, 0.1) is 0 Å². The number of hydrogen-bond acceptors (Lipinski definition) is 4. The molecule has 1 N–H and O–H groups in total. The third-order valence-electron chi connectivity index (χ3n) is 4.91. The summed E-state index contributed by atoms with van der Waals surface area (Å²) < 4.78 is 31.7. The van der Waals surface area contributed by atoms with E-state index in [4.69, 9.17) is 4.74 Å². The molecule has 3 rings (SSSR count). The Bertz CT molecular complexity index is 887. The molecule has 150 valence electrons. The standard InChI is InChI=1S/C21H26N2O4S/c1-27-19-10-6-17(7-11-19)5-4-14-22-21(24)18-8-12-20(13-9-18)28(25,26)23-15-2-3-16-23/h6-13H,2-5,14-16H2,1H3,(H,22,24). The van der Waals surface area contributed by atoms with Crippen molar-refractivity contribution in [1.82, 2.24) is 9.62 Å². The fourth-order valence-electron chi connectivity index (χ4n) is 3.24. The fourth-order valence-corrected chi connectivity index (χ4v) is 4.76. The molecule has 0 saturated carbocycles. The van der Waals surface area contributed by atoms with E-state index >= 15 is 0 Å². The Morgan fingerprint density at radius 2 is 1.68 bits per heavy atom. The molecule has 1 fully saturated rings. The zero-order chi connectivity index (χ0) is 20.0. The minimum Gasteiger partial charge on any atom is -0.497 e. The Hall–Kier alpha value is -2.38. The number of ether oxygens (including phenoxy) is 1. The highest BCUT2D eigenvalue weighted by Gasteiger charge is 2.27. The number of hydrogen-bond donors (Lipinski definition) is 1.